The molecule has 0 aliphatic rings. The number of rotatable bonds is 6. The zero-order valence-corrected chi connectivity index (χ0v) is 14.9. The van der Waals surface area contributed by atoms with Gasteiger partial charge >= 0.3 is 0 Å². The lowest BCUT2D eigenvalue weighted by atomic mass is 10.1. The van der Waals surface area contributed by atoms with Crippen molar-refractivity contribution in [1.29, 1.82) is 0 Å². The Labute approximate surface area is 147 Å². The first-order chi connectivity index (χ1) is 12.0. The van der Waals surface area contributed by atoms with Gasteiger partial charge in [-0.2, -0.15) is 0 Å². The van der Waals surface area contributed by atoms with E-state index in [0.29, 0.717) is 23.6 Å². The molecule has 0 fully saturated rings. The first-order valence-electron chi connectivity index (χ1n) is 7.88. The monoisotopic (exact) mass is 343 g/mol. The number of amides is 1. The average Bonchev–Trinajstić information content (AvgIpc) is 2.60. The number of nitrogens with zero attached hydrogens (tertiary/aromatic N) is 1. The summed E-state index contributed by atoms with van der Waals surface area (Å²) in [7, 11) is 4.77. The van der Waals surface area contributed by atoms with Crippen molar-refractivity contribution >= 4 is 12.0 Å². The summed E-state index contributed by atoms with van der Waals surface area (Å²) in [6, 6.07) is 9.62. The molecule has 4 nitrogen and oxygen atoms in total. The third-order valence-corrected chi connectivity index (χ3v) is 3.76. The number of allylic oxidation sites excluding steroid dienone is 1. The van der Waals surface area contributed by atoms with E-state index in [1.54, 1.807) is 38.4 Å². The van der Waals surface area contributed by atoms with E-state index in [2.05, 4.69) is 0 Å². The van der Waals surface area contributed by atoms with Crippen LogP contribution in [0.15, 0.2) is 42.5 Å². The quantitative estimate of drug-likeness (QED) is 0.791. The molecule has 0 bridgehead atoms. The molecule has 1 amide bonds. The number of benzene rings is 2. The smallest absolute Gasteiger partial charge is 0.254 e. The highest BCUT2D eigenvalue weighted by Gasteiger charge is 2.18. The molecule has 0 unspecified atom stereocenters. The second-order valence-corrected chi connectivity index (χ2v) is 5.59. The fraction of sp³-hybridized carbons (Fsp3) is 0.250. The summed E-state index contributed by atoms with van der Waals surface area (Å²) in [4.78, 5) is 14.3. The minimum Gasteiger partial charge on any atom is -0.493 e. The van der Waals surface area contributed by atoms with Crippen LogP contribution in [0.5, 0.6) is 11.5 Å². The highest BCUT2D eigenvalue weighted by Crippen LogP contribution is 2.34. The van der Waals surface area contributed by atoms with Crippen LogP contribution in [0.25, 0.3) is 6.08 Å². The Balaban J connectivity index is 2.32. The molecule has 2 rings (SSSR count). The summed E-state index contributed by atoms with van der Waals surface area (Å²) in [5, 5.41) is 0. The standard InChI is InChI=1S/C20H22FNO3/c1-5-7-15-11-16(12-18(24-3)19(15)25-4)20(23)22(2)13-14-8-6-9-17(21)10-14/h5-12H,13H2,1-4H3/b7-5+. The Kier molecular flexibility index (Phi) is 6.17. The molecule has 2 aromatic rings. The number of halogens is 1. The fourth-order valence-electron chi connectivity index (χ4n) is 2.62. The summed E-state index contributed by atoms with van der Waals surface area (Å²) < 4.78 is 24.0. The molecule has 0 aliphatic heterocycles. The van der Waals surface area contributed by atoms with Crippen molar-refractivity contribution in [2.24, 2.45) is 0 Å². The van der Waals surface area contributed by atoms with E-state index in [1.165, 1.54) is 24.1 Å². The second kappa shape index (κ2) is 8.33. The highest BCUT2D eigenvalue weighted by atomic mass is 19.1. The lowest BCUT2D eigenvalue weighted by Gasteiger charge is -2.19. The number of hydrogen-bond acceptors (Lipinski definition) is 3. The van der Waals surface area contributed by atoms with Crippen LogP contribution in [0.3, 0.4) is 0 Å². The molecular formula is C20H22FNO3. The van der Waals surface area contributed by atoms with E-state index in [4.69, 9.17) is 9.47 Å². The number of ether oxygens (including phenoxy) is 2. The van der Waals surface area contributed by atoms with Gasteiger partial charge in [0.05, 0.1) is 14.2 Å². The third-order valence-electron chi connectivity index (χ3n) is 3.76. The number of carbonyl (C=O) groups excluding carboxylic acids is 1. The van der Waals surface area contributed by atoms with Gasteiger partial charge in [-0.1, -0.05) is 24.3 Å². The zero-order chi connectivity index (χ0) is 18.4. The molecular weight excluding hydrogens is 321 g/mol. The number of methoxy groups -OCH3 is 2. The van der Waals surface area contributed by atoms with Crippen LogP contribution in [0.2, 0.25) is 0 Å². The van der Waals surface area contributed by atoms with Crippen LogP contribution in [0.1, 0.15) is 28.4 Å². The van der Waals surface area contributed by atoms with Gasteiger partial charge in [0.25, 0.3) is 5.91 Å². The van der Waals surface area contributed by atoms with Crippen molar-refractivity contribution in [3.63, 3.8) is 0 Å². The van der Waals surface area contributed by atoms with Gasteiger partial charge in [-0.15, -0.1) is 0 Å². The lowest BCUT2D eigenvalue weighted by molar-refractivity contribution is 0.0784. The predicted octanol–water partition coefficient (Wildman–Crippen LogP) is 4.15. The molecule has 132 valence electrons. The first-order valence-corrected chi connectivity index (χ1v) is 7.88. The zero-order valence-electron chi connectivity index (χ0n) is 14.9. The van der Waals surface area contributed by atoms with E-state index in [0.717, 1.165) is 11.1 Å². The van der Waals surface area contributed by atoms with E-state index in [9.17, 15) is 9.18 Å². The highest BCUT2D eigenvalue weighted by molar-refractivity contribution is 5.95. The van der Waals surface area contributed by atoms with Crippen LogP contribution in [0.4, 0.5) is 4.39 Å². The maximum absolute atomic E-state index is 13.3. The van der Waals surface area contributed by atoms with Crippen molar-refractivity contribution < 1.29 is 18.7 Å². The molecule has 25 heavy (non-hydrogen) atoms. The lowest BCUT2D eigenvalue weighted by Crippen LogP contribution is -2.26. The molecule has 0 N–H and O–H groups in total. The third kappa shape index (κ3) is 4.38. The van der Waals surface area contributed by atoms with Crippen molar-refractivity contribution in [3.8, 4) is 11.5 Å². The van der Waals surface area contributed by atoms with Gasteiger partial charge < -0.3 is 14.4 Å². The Bertz CT molecular complexity index is 787. The van der Waals surface area contributed by atoms with E-state index < -0.39 is 0 Å². The van der Waals surface area contributed by atoms with Gasteiger partial charge in [0.1, 0.15) is 5.82 Å². The molecule has 0 spiro atoms. The Hall–Kier alpha value is -2.82. The van der Waals surface area contributed by atoms with Crippen LogP contribution >= 0.6 is 0 Å². The van der Waals surface area contributed by atoms with Crippen molar-refractivity contribution in [3.05, 3.63) is 65.0 Å². The maximum Gasteiger partial charge on any atom is 0.254 e. The Morgan fingerprint density at radius 1 is 1.20 bits per heavy atom. The van der Waals surface area contributed by atoms with Crippen molar-refractivity contribution in [1.82, 2.24) is 4.90 Å². The summed E-state index contributed by atoms with van der Waals surface area (Å²) in [5.41, 5.74) is 1.96. The summed E-state index contributed by atoms with van der Waals surface area (Å²) in [6.07, 6.45) is 3.71. The van der Waals surface area contributed by atoms with E-state index in [1.807, 2.05) is 19.1 Å². The van der Waals surface area contributed by atoms with E-state index >= 15 is 0 Å². The molecule has 0 saturated heterocycles. The summed E-state index contributed by atoms with van der Waals surface area (Å²) >= 11 is 0. The SMILES string of the molecule is C/C=C/c1cc(C(=O)N(C)Cc2cccc(F)c2)cc(OC)c1OC. The second-order valence-electron chi connectivity index (χ2n) is 5.59. The van der Waals surface area contributed by atoms with Gasteiger partial charge in [-0.3, -0.25) is 4.79 Å². The minimum atomic E-state index is -0.320. The molecule has 2 aromatic carbocycles. The summed E-state index contributed by atoms with van der Waals surface area (Å²) in [6.45, 7) is 2.19. The van der Waals surface area contributed by atoms with Gasteiger partial charge in [0, 0.05) is 24.7 Å². The predicted molar refractivity (Wildman–Crippen MR) is 96.5 cm³/mol. The van der Waals surface area contributed by atoms with E-state index in [-0.39, 0.29) is 11.7 Å². The molecule has 0 atom stereocenters. The Morgan fingerprint density at radius 2 is 1.96 bits per heavy atom. The van der Waals surface area contributed by atoms with Crippen LogP contribution in [-0.2, 0) is 6.54 Å². The van der Waals surface area contributed by atoms with Crippen LogP contribution in [-0.4, -0.2) is 32.1 Å². The molecule has 0 saturated carbocycles. The molecule has 0 aliphatic carbocycles. The average molecular weight is 343 g/mol. The first kappa shape index (κ1) is 18.5. The molecule has 5 heteroatoms. The fourth-order valence-corrected chi connectivity index (χ4v) is 2.62. The Morgan fingerprint density at radius 3 is 2.56 bits per heavy atom. The largest absolute Gasteiger partial charge is 0.493 e. The van der Waals surface area contributed by atoms with Gasteiger partial charge in [-0.05, 0) is 36.8 Å². The maximum atomic E-state index is 13.3. The number of carbonyl (C=O) groups is 1. The van der Waals surface area contributed by atoms with Crippen LogP contribution in [0, 0.1) is 5.82 Å². The van der Waals surface area contributed by atoms with Gasteiger partial charge in [-0.25, -0.2) is 4.39 Å². The molecule has 0 heterocycles. The topological polar surface area (TPSA) is 38.8 Å². The van der Waals surface area contributed by atoms with Gasteiger partial charge in [0.15, 0.2) is 11.5 Å². The number of hydrogen-bond donors (Lipinski definition) is 0. The minimum absolute atomic E-state index is 0.184. The van der Waals surface area contributed by atoms with Gasteiger partial charge in [0.2, 0.25) is 0 Å². The van der Waals surface area contributed by atoms with Crippen LogP contribution < -0.4 is 9.47 Å². The molecule has 0 radical (unpaired) electrons. The van der Waals surface area contributed by atoms with Crippen molar-refractivity contribution in [2.75, 3.05) is 21.3 Å². The van der Waals surface area contributed by atoms with Crippen molar-refractivity contribution in [2.45, 2.75) is 13.5 Å². The summed E-state index contributed by atoms with van der Waals surface area (Å²) in [5.74, 6) is 0.557. The molecule has 0 aromatic heterocycles. The normalized spacial score (nSPS) is 10.8.